The summed E-state index contributed by atoms with van der Waals surface area (Å²) in [7, 11) is 1.35. The molecule has 0 saturated heterocycles. The van der Waals surface area contributed by atoms with E-state index in [0.29, 0.717) is 9.88 Å². The van der Waals surface area contributed by atoms with Gasteiger partial charge in [0, 0.05) is 0 Å². The van der Waals surface area contributed by atoms with Gasteiger partial charge in [0.25, 0.3) is 0 Å². The van der Waals surface area contributed by atoms with Crippen molar-refractivity contribution in [3.8, 4) is 0 Å². The lowest BCUT2D eigenvalue weighted by atomic mass is 10.0. The van der Waals surface area contributed by atoms with Crippen molar-refractivity contribution in [2.45, 2.75) is 13.3 Å². The monoisotopic (exact) mass is 339 g/mol. The van der Waals surface area contributed by atoms with Gasteiger partial charge in [-0.3, -0.25) is 4.79 Å². The summed E-state index contributed by atoms with van der Waals surface area (Å²) in [5.74, 6) is -0.490. The quantitative estimate of drug-likeness (QED) is 0.726. The van der Waals surface area contributed by atoms with Gasteiger partial charge in [-0.05, 0) is 34.9 Å². The molecule has 0 aliphatic carbocycles. The molecule has 3 rings (SSSR count). The van der Waals surface area contributed by atoms with Gasteiger partial charge in [0.15, 0.2) is 0 Å². The van der Waals surface area contributed by atoms with Crippen LogP contribution in [0.2, 0.25) is 0 Å². The second-order valence-corrected chi connectivity index (χ2v) is 6.53. The molecule has 0 spiro atoms. The summed E-state index contributed by atoms with van der Waals surface area (Å²) in [5, 5.41) is 5.71. The number of nitrogens with one attached hydrogen (secondary N) is 1. The summed E-state index contributed by atoms with van der Waals surface area (Å²) < 4.78 is 4.74. The molecule has 5 heteroatoms. The minimum absolute atomic E-state index is 0.107. The van der Waals surface area contributed by atoms with E-state index in [2.05, 4.69) is 5.32 Å². The van der Waals surface area contributed by atoms with Crippen LogP contribution in [0.15, 0.2) is 48.5 Å². The maximum atomic E-state index is 12.4. The molecule has 4 nitrogen and oxygen atoms in total. The van der Waals surface area contributed by atoms with Gasteiger partial charge < -0.3 is 10.1 Å². The lowest BCUT2D eigenvalue weighted by Gasteiger charge is -2.06. The van der Waals surface area contributed by atoms with Crippen LogP contribution in [0.5, 0.6) is 0 Å². The number of hydrogen-bond donors (Lipinski definition) is 1. The molecular weight excluding hydrogens is 322 g/mol. The largest absolute Gasteiger partial charge is 0.465 e. The molecule has 122 valence electrons. The highest BCUT2D eigenvalue weighted by atomic mass is 32.1. The van der Waals surface area contributed by atoms with Crippen LogP contribution < -0.4 is 5.32 Å². The second kappa shape index (κ2) is 6.84. The van der Waals surface area contributed by atoms with E-state index in [1.165, 1.54) is 18.4 Å². The molecule has 0 aliphatic rings. The van der Waals surface area contributed by atoms with Crippen LogP contribution >= 0.6 is 11.3 Å². The van der Waals surface area contributed by atoms with Crippen molar-refractivity contribution in [1.82, 2.24) is 0 Å². The summed E-state index contributed by atoms with van der Waals surface area (Å²) in [4.78, 5) is 24.5. The standard InChI is InChI=1S/C19H17NO3S/c1-12-10-17(24-18(12)19(22)23-2)20-16(21)11-14-8-5-7-13-6-3-4-9-15(13)14/h3-10H,11H2,1-2H3,(H,20,21). The van der Waals surface area contributed by atoms with Crippen molar-refractivity contribution < 1.29 is 14.3 Å². The molecule has 3 aromatic rings. The van der Waals surface area contributed by atoms with Crippen LogP contribution in [0.3, 0.4) is 0 Å². The zero-order chi connectivity index (χ0) is 17.1. The average molecular weight is 339 g/mol. The minimum atomic E-state index is -0.382. The summed E-state index contributed by atoms with van der Waals surface area (Å²) >= 11 is 1.23. The summed E-state index contributed by atoms with van der Waals surface area (Å²) in [5.41, 5.74) is 1.78. The number of benzene rings is 2. The first-order chi connectivity index (χ1) is 11.6. The van der Waals surface area contributed by atoms with Gasteiger partial charge in [-0.15, -0.1) is 11.3 Å². The number of methoxy groups -OCH3 is 1. The predicted octanol–water partition coefficient (Wildman–Crippen LogP) is 4.18. The van der Waals surface area contributed by atoms with Crippen molar-refractivity contribution in [2.75, 3.05) is 12.4 Å². The summed E-state index contributed by atoms with van der Waals surface area (Å²) in [6.07, 6.45) is 0.284. The maximum absolute atomic E-state index is 12.4. The second-order valence-electron chi connectivity index (χ2n) is 5.48. The number of rotatable bonds is 4. The van der Waals surface area contributed by atoms with Gasteiger partial charge in [-0.2, -0.15) is 0 Å². The molecule has 24 heavy (non-hydrogen) atoms. The molecule has 0 unspecified atom stereocenters. The number of carbonyl (C=O) groups excluding carboxylic acids is 2. The average Bonchev–Trinajstić information content (AvgIpc) is 2.94. The van der Waals surface area contributed by atoms with Gasteiger partial charge in [0.2, 0.25) is 5.91 Å². The van der Waals surface area contributed by atoms with E-state index in [0.717, 1.165) is 21.9 Å². The maximum Gasteiger partial charge on any atom is 0.348 e. The van der Waals surface area contributed by atoms with Gasteiger partial charge in [0.05, 0.1) is 18.5 Å². The van der Waals surface area contributed by atoms with Crippen molar-refractivity contribution in [1.29, 1.82) is 0 Å². The van der Waals surface area contributed by atoms with Crippen molar-refractivity contribution in [3.63, 3.8) is 0 Å². The third kappa shape index (κ3) is 3.31. The molecule has 1 N–H and O–H groups in total. The van der Waals surface area contributed by atoms with Crippen LogP contribution in [0.1, 0.15) is 20.8 Å². The molecule has 0 saturated carbocycles. The number of esters is 1. The molecule has 0 bridgehead atoms. The smallest absolute Gasteiger partial charge is 0.348 e. The molecule has 0 atom stereocenters. The zero-order valence-corrected chi connectivity index (χ0v) is 14.3. The first-order valence-electron chi connectivity index (χ1n) is 7.53. The van der Waals surface area contributed by atoms with E-state index in [1.807, 2.05) is 49.4 Å². The van der Waals surface area contributed by atoms with Gasteiger partial charge in [-0.25, -0.2) is 4.79 Å². The topological polar surface area (TPSA) is 55.4 Å². The van der Waals surface area contributed by atoms with Crippen LogP contribution in [0.25, 0.3) is 10.8 Å². The number of aryl methyl sites for hydroxylation is 1. The summed E-state index contributed by atoms with van der Waals surface area (Å²) in [6.45, 7) is 1.82. The van der Waals surface area contributed by atoms with Crippen molar-refractivity contribution in [2.24, 2.45) is 0 Å². The number of anilines is 1. The molecule has 2 aromatic carbocycles. The Hall–Kier alpha value is -2.66. The number of ether oxygens (including phenoxy) is 1. The molecule has 0 fully saturated rings. The van der Waals surface area contributed by atoms with E-state index in [4.69, 9.17) is 4.74 Å². The molecule has 1 heterocycles. The predicted molar refractivity (Wildman–Crippen MR) is 96.7 cm³/mol. The number of carbonyl (C=O) groups is 2. The Balaban J connectivity index is 1.77. The van der Waals surface area contributed by atoms with Gasteiger partial charge >= 0.3 is 5.97 Å². The lowest BCUT2D eigenvalue weighted by Crippen LogP contribution is -2.13. The Morgan fingerprint density at radius 2 is 1.88 bits per heavy atom. The molecule has 1 amide bonds. The number of hydrogen-bond acceptors (Lipinski definition) is 4. The van der Waals surface area contributed by atoms with E-state index in [1.54, 1.807) is 6.07 Å². The first kappa shape index (κ1) is 16.2. The Morgan fingerprint density at radius 1 is 1.12 bits per heavy atom. The van der Waals surface area contributed by atoms with Crippen LogP contribution in [-0.4, -0.2) is 19.0 Å². The van der Waals surface area contributed by atoms with E-state index < -0.39 is 0 Å². The van der Waals surface area contributed by atoms with Crippen molar-refractivity contribution >= 4 is 39.0 Å². The minimum Gasteiger partial charge on any atom is -0.465 e. The van der Waals surface area contributed by atoms with E-state index >= 15 is 0 Å². The van der Waals surface area contributed by atoms with E-state index in [9.17, 15) is 9.59 Å². The number of amides is 1. The van der Waals surface area contributed by atoms with Gasteiger partial charge in [-0.1, -0.05) is 42.5 Å². The SMILES string of the molecule is COC(=O)c1sc(NC(=O)Cc2cccc3ccccc23)cc1C. The van der Waals surface area contributed by atoms with Crippen LogP contribution in [-0.2, 0) is 16.0 Å². The highest BCUT2D eigenvalue weighted by Crippen LogP contribution is 2.27. The third-order valence-electron chi connectivity index (χ3n) is 3.78. The number of fused-ring (bicyclic) bond motifs is 1. The van der Waals surface area contributed by atoms with Crippen molar-refractivity contribution in [3.05, 3.63) is 64.5 Å². The molecule has 0 radical (unpaired) electrons. The fraction of sp³-hybridized carbons (Fsp3) is 0.158. The Labute approximate surface area is 144 Å². The summed E-state index contributed by atoms with van der Waals surface area (Å²) in [6, 6.07) is 15.7. The molecular formula is C19H17NO3S. The zero-order valence-electron chi connectivity index (χ0n) is 13.5. The normalized spacial score (nSPS) is 10.6. The number of thiophene rings is 1. The molecule has 0 aliphatic heterocycles. The molecule has 1 aromatic heterocycles. The highest BCUT2D eigenvalue weighted by molar-refractivity contribution is 7.18. The van der Waals surface area contributed by atoms with Gasteiger partial charge in [0.1, 0.15) is 4.88 Å². The first-order valence-corrected chi connectivity index (χ1v) is 8.35. The third-order valence-corrected chi connectivity index (χ3v) is 4.91. The van der Waals surface area contributed by atoms with Crippen LogP contribution in [0.4, 0.5) is 5.00 Å². The highest BCUT2D eigenvalue weighted by Gasteiger charge is 2.15. The van der Waals surface area contributed by atoms with Crippen LogP contribution in [0, 0.1) is 6.92 Å². The van der Waals surface area contributed by atoms with E-state index in [-0.39, 0.29) is 18.3 Å². The fourth-order valence-corrected chi connectivity index (χ4v) is 3.65. The Kier molecular flexibility index (Phi) is 4.62. The Morgan fingerprint density at radius 3 is 2.67 bits per heavy atom. The lowest BCUT2D eigenvalue weighted by molar-refractivity contribution is -0.115. The Bertz CT molecular complexity index is 909. The fourth-order valence-electron chi connectivity index (χ4n) is 2.64.